The molecule has 5 atom stereocenters. The normalized spacial score (nSPS) is 22.3. The molecule has 7 N–H and O–H groups in total. The highest BCUT2D eigenvalue weighted by Crippen LogP contribution is 2.31. The third-order valence-corrected chi connectivity index (χ3v) is 7.65. The number of ether oxygens (including phenoxy) is 2. The zero-order valence-electron chi connectivity index (χ0n) is 26.5. The summed E-state index contributed by atoms with van der Waals surface area (Å²) in [6, 6.07) is 7.99. The summed E-state index contributed by atoms with van der Waals surface area (Å²) in [6.07, 6.45) is -4.94. The number of aliphatic hydroxyl groups is 4. The van der Waals surface area contributed by atoms with Crippen molar-refractivity contribution in [3.63, 3.8) is 0 Å². The van der Waals surface area contributed by atoms with Crippen LogP contribution in [0.25, 0.3) is 0 Å². The maximum Gasteiger partial charge on any atom is 0.245 e. The van der Waals surface area contributed by atoms with E-state index in [1.165, 1.54) is 0 Å². The van der Waals surface area contributed by atoms with Crippen LogP contribution >= 0.6 is 0 Å². The number of carbonyl (C=O) groups excluding carboxylic acids is 2. The summed E-state index contributed by atoms with van der Waals surface area (Å²) < 4.78 is 11.4. The van der Waals surface area contributed by atoms with Gasteiger partial charge in [0.15, 0.2) is 0 Å². The van der Waals surface area contributed by atoms with E-state index in [2.05, 4.69) is 20.8 Å². The Hall–Kier alpha value is -3.07. The summed E-state index contributed by atoms with van der Waals surface area (Å²) in [6.45, 7) is 8.07. The molecule has 246 valence electrons. The van der Waals surface area contributed by atoms with Gasteiger partial charge in [-0.25, -0.2) is 0 Å². The van der Waals surface area contributed by atoms with E-state index in [0.717, 1.165) is 22.4 Å². The van der Waals surface area contributed by atoms with E-state index in [0.29, 0.717) is 38.8 Å². The number of aromatic nitrogens is 2. The van der Waals surface area contributed by atoms with E-state index in [1.54, 1.807) is 13.8 Å². The van der Waals surface area contributed by atoms with Gasteiger partial charge in [-0.1, -0.05) is 38.1 Å². The van der Waals surface area contributed by atoms with E-state index in [9.17, 15) is 30.0 Å². The molecule has 1 saturated heterocycles. The first-order valence-electron chi connectivity index (χ1n) is 15.1. The molecule has 0 radical (unpaired) electrons. The lowest BCUT2D eigenvalue weighted by Gasteiger charge is -2.39. The van der Waals surface area contributed by atoms with E-state index in [1.807, 2.05) is 57.1 Å². The van der Waals surface area contributed by atoms with Gasteiger partial charge in [-0.3, -0.25) is 14.7 Å². The standard InChI is InChI=1S/C31H49N5O8/c1-18(2)24-21(28(35-34-24)44-29-27(41)26(40)25(39)22(17-37)43-29)16-20-12-10-19(11-13-20)8-7-9-23(38)33-31(3,4)30(42)32-14-15-36(5)6/h10-13,18,22,25-27,29,37,39-41H,7-9,14-17H2,1-6H3,(H,32,42)(H,33,38)(H,34,35)/t22-,25-,26+,27-,29+/m1/s1. The lowest BCUT2D eigenvalue weighted by Crippen LogP contribution is -2.60. The summed E-state index contributed by atoms with van der Waals surface area (Å²) in [7, 11) is 3.85. The second-order valence-corrected chi connectivity index (χ2v) is 12.5. The zero-order chi connectivity index (χ0) is 32.6. The average molecular weight is 620 g/mol. The fourth-order valence-corrected chi connectivity index (χ4v) is 4.94. The number of aromatic amines is 1. The van der Waals surface area contributed by atoms with Crippen LogP contribution in [0.3, 0.4) is 0 Å². The van der Waals surface area contributed by atoms with Crippen molar-refractivity contribution in [1.82, 2.24) is 25.7 Å². The Kier molecular flexibility index (Phi) is 12.7. The largest absolute Gasteiger partial charge is 0.443 e. The Labute approximate surface area is 258 Å². The van der Waals surface area contributed by atoms with E-state index in [-0.39, 0.29) is 23.6 Å². The minimum atomic E-state index is -1.56. The first kappa shape index (κ1) is 35.4. The molecule has 0 spiro atoms. The van der Waals surface area contributed by atoms with Gasteiger partial charge in [0, 0.05) is 37.2 Å². The third-order valence-electron chi connectivity index (χ3n) is 7.65. The summed E-state index contributed by atoms with van der Waals surface area (Å²) in [5.41, 5.74) is 2.65. The first-order valence-corrected chi connectivity index (χ1v) is 15.1. The predicted octanol–water partition coefficient (Wildman–Crippen LogP) is 0.198. The zero-order valence-corrected chi connectivity index (χ0v) is 26.5. The highest BCUT2D eigenvalue weighted by Gasteiger charge is 2.45. The highest BCUT2D eigenvalue weighted by molar-refractivity contribution is 5.90. The van der Waals surface area contributed by atoms with Crippen molar-refractivity contribution in [3.05, 3.63) is 46.6 Å². The smallest absolute Gasteiger partial charge is 0.245 e. The monoisotopic (exact) mass is 619 g/mol. The van der Waals surface area contributed by atoms with Crippen molar-refractivity contribution in [2.24, 2.45) is 0 Å². The molecule has 2 heterocycles. The molecular formula is C31H49N5O8. The van der Waals surface area contributed by atoms with Crippen molar-refractivity contribution >= 4 is 11.8 Å². The van der Waals surface area contributed by atoms with Crippen molar-refractivity contribution in [3.8, 4) is 5.88 Å². The number of H-pyrrole nitrogens is 1. The molecule has 3 rings (SSSR count). The summed E-state index contributed by atoms with van der Waals surface area (Å²) >= 11 is 0. The molecule has 0 bridgehead atoms. The molecule has 1 aromatic carbocycles. The van der Waals surface area contributed by atoms with Gasteiger partial charge in [0.05, 0.1) is 6.61 Å². The first-order chi connectivity index (χ1) is 20.7. The number of aryl methyl sites for hydroxylation is 1. The van der Waals surface area contributed by atoms with Crippen LogP contribution in [-0.2, 0) is 27.2 Å². The quantitative estimate of drug-likeness (QED) is 0.145. The van der Waals surface area contributed by atoms with Crippen molar-refractivity contribution in [1.29, 1.82) is 0 Å². The SMILES string of the molecule is CC(C)c1[nH]nc(O[C@@H]2O[C@H](CO)[C@@H](O)[C@H](O)[C@H]2O)c1Cc1ccc(CCCC(=O)NC(C)(C)C(=O)NCCN(C)C)cc1. The van der Waals surface area contributed by atoms with Crippen LogP contribution in [0.1, 0.15) is 68.8 Å². The van der Waals surface area contributed by atoms with Gasteiger partial charge in [0.25, 0.3) is 0 Å². The topological polar surface area (TPSA) is 190 Å². The number of rotatable bonds is 15. The molecule has 1 aromatic heterocycles. The number of aliphatic hydroxyl groups excluding tert-OH is 4. The molecule has 1 fully saturated rings. The molecule has 2 amide bonds. The molecule has 1 aliphatic heterocycles. The number of likely N-dealkylation sites (N-methyl/N-ethyl adjacent to an activating group) is 1. The average Bonchev–Trinajstić information content (AvgIpc) is 3.35. The van der Waals surface area contributed by atoms with Gasteiger partial charge in [-0.2, -0.15) is 0 Å². The number of amides is 2. The Morgan fingerprint density at radius 1 is 1.09 bits per heavy atom. The van der Waals surface area contributed by atoms with Gasteiger partial charge >= 0.3 is 0 Å². The molecular weight excluding hydrogens is 570 g/mol. The van der Waals surface area contributed by atoms with Crippen molar-refractivity contribution < 1.29 is 39.5 Å². The van der Waals surface area contributed by atoms with Crippen molar-refractivity contribution in [2.75, 3.05) is 33.8 Å². The summed E-state index contributed by atoms with van der Waals surface area (Å²) in [5, 5.41) is 53.1. The minimum Gasteiger partial charge on any atom is -0.443 e. The second-order valence-electron chi connectivity index (χ2n) is 12.5. The van der Waals surface area contributed by atoms with Crippen LogP contribution in [0, 0.1) is 0 Å². The van der Waals surface area contributed by atoms with Crippen LogP contribution in [-0.4, -0.2) is 117 Å². The van der Waals surface area contributed by atoms with Gasteiger partial charge < -0.3 is 45.4 Å². The molecule has 0 saturated carbocycles. The number of nitrogens with one attached hydrogen (secondary N) is 3. The van der Waals surface area contributed by atoms with Crippen LogP contribution in [0.5, 0.6) is 5.88 Å². The van der Waals surface area contributed by atoms with Crippen LogP contribution < -0.4 is 15.4 Å². The number of hydrogen-bond acceptors (Lipinski definition) is 10. The third kappa shape index (κ3) is 9.46. The Morgan fingerprint density at radius 3 is 2.36 bits per heavy atom. The molecule has 0 unspecified atom stereocenters. The molecule has 44 heavy (non-hydrogen) atoms. The summed E-state index contributed by atoms with van der Waals surface area (Å²) in [5.74, 6) is -0.114. The number of hydrogen-bond donors (Lipinski definition) is 7. The fourth-order valence-electron chi connectivity index (χ4n) is 4.94. The van der Waals surface area contributed by atoms with Crippen molar-refractivity contribution in [2.45, 2.75) is 95.5 Å². The Morgan fingerprint density at radius 2 is 1.75 bits per heavy atom. The van der Waals surface area contributed by atoms with Crippen LogP contribution in [0.15, 0.2) is 24.3 Å². The van der Waals surface area contributed by atoms with E-state index >= 15 is 0 Å². The lowest BCUT2D eigenvalue weighted by atomic mass is 9.97. The maximum atomic E-state index is 12.5. The molecule has 0 aliphatic carbocycles. The fraction of sp³-hybridized carbons (Fsp3) is 0.645. The second kappa shape index (κ2) is 15.8. The number of benzene rings is 1. The lowest BCUT2D eigenvalue weighted by molar-refractivity contribution is -0.278. The minimum absolute atomic E-state index is 0.0872. The maximum absolute atomic E-state index is 12.5. The number of carbonyl (C=O) groups is 2. The van der Waals surface area contributed by atoms with Gasteiger partial charge in [-0.05, 0) is 57.8 Å². The van der Waals surface area contributed by atoms with E-state index in [4.69, 9.17) is 9.47 Å². The molecule has 2 aromatic rings. The molecule has 13 nitrogen and oxygen atoms in total. The van der Waals surface area contributed by atoms with Crippen LogP contribution in [0.4, 0.5) is 0 Å². The molecule has 13 heteroatoms. The Balaban J connectivity index is 1.57. The van der Waals surface area contributed by atoms with Gasteiger partial charge in [-0.15, -0.1) is 5.10 Å². The predicted molar refractivity (Wildman–Crippen MR) is 163 cm³/mol. The van der Waals surface area contributed by atoms with Crippen LogP contribution in [0.2, 0.25) is 0 Å². The molecule has 1 aliphatic rings. The van der Waals surface area contributed by atoms with Gasteiger partial charge in [0.1, 0.15) is 30.0 Å². The van der Waals surface area contributed by atoms with E-state index < -0.39 is 42.9 Å². The van der Waals surface area contributed by atoms with Gasteiger partial charge in [0.2, 0.25) is 24.0 Å². The summed E-state index contributed by atoms with van der Waals surface area (Å²) in [4.78, 5) is 27.0. The number of nitrogens with zero attached hydrogens (tertiary/aromatic N) is 2. The highest BCUT2D eigenvalue weighted by atomic mass is 16.7. The Bertz CT molecular complexity index is 1210.